The highest BCUT2D eigenvalue weighted by Gasteiger charge is 2.33. The molecule has 2 N–H and O–H groups in total. The molecule has 1 atom stereocenters. The molecule has 1 aliphatic heterocycles. The summed E-state index contributed by atoms with van der Waals surface area (Å²) in [4.78, 5) is 24.0. The fraction of sp³-hybridized carbons (Fsp3) is 0.385. The third kappa shape index (κ3) is 4.05. The Bertz CT molecular complexity index is 674. The molecule has 0 bridgehead atoms. The predicted molar refractivity (Wildman–Crippen MR) is 81.7 cm³/mol. The van der Waals surface area contributed by atoms with Crippen molar-refractivity contribution in [3.63, 3.8) is 0 Å². The fourth-order valence-electron chi connectivity index (χ4n) is 2.17. The van der Waals surface area contributed by atoms with Gasteiger partial charge in [0.2, 0.25) is 15.9 Å². The maximum Gasteiger partial charge on any atom is 0.308 e. The molecule has 1 unspecified atom stereocenters. The number of aliphatic carboxylic acids is 1. The highest BCUT2D eigenvalue weighted by atomic mass is 79.9. The van der Waals surface area contributed by atoms with Crippen molar-refractivity contribution >= 4 is 37.8 Å². The SMILES string of the molecule is O=C(O)C1CC(=O)N(CCNS(=O)(=O)c2ccc(Br)cc2)C1. The number of sulfonamides is 1. The van der Waals surface area contributed by atoms with Crippen molar-refractivity contribution in [1.82, 2.24) is 9.62 Å². The number of nitrogens with one attached hydrogen (secondary N) is 1. The van der Waals surface area contributed by atoms with Gasteiger partial charge in [0.1, 0.15) is 0 Å². The van der Waals surface area contributed by atoms with Crippen molar-refractivity contribution in [2.24, 2.45) is 5.92 Å². The van der Waals surface area contributed by atoms with Crippen LogP contribution in [0.25, 0.3) is 0 Å². The lowest BCUT2D eigenvalue weighted by Crippen LogP contribution is -2.36. The smallest absolute Gasteiger partial charge is 0.308 e. The summed E-state index contributed by atoms with van der Waals surface area (Å²) in [6.07, 6.45) is -0.0329. The van der Waals surface area contributed by atoms with Gasteiger partial charge in [0.05, 0.1) is 10.8 Å². The third-order valence-electron chi connectivity index (χ3n) is 3.36. The molecule has 0 spiro atoms. The van der Waals surface area contributed by atoms with Crippen LogP contribution in [0.15, 0.2) is 33.6 Å². The molecule has 1 fully saturated rings. The minimum absolute atomic E-state index is 0.0329. The van der Waals surface area contributed by atoms with E-state index in [9.17, 15) is 18.0 Å². The Labute approximate surface area is 136 Å². The molecule has 2 rings (SSSR count). The highest BCUT2D eigenvalue weighted by molar-refractivity contribution is 9.10. The van der Waals surface area contributed by atoms with Crippen molar-refractivity contribution in [3.05, 3.63) is 28.7 Å². The summed E-state index contributed by atoms with van der Waals surface area (Å²) in [7, 11) is -3.64. The molecule has 0 saturated carbocycles. The first kappa shape index (κ1) is 16.9. The van der Waals surface area contributed by atoms with Gasteiger partial charge < -0.3 is 10.0 Å². The summed E-state index contributed by atoms with van der Waals surface area (Å²) in [6, 6.07) is 6.17. The first-order chi connectivity index (χ1) is 10.3. The number of amides is 1. The van der Waals surface area contributed by atoms with Gasteiger partial charge in [0.15, 0.2) is 0 Å². The number of carbonyl (C=O) groups is 2. The predicted octanol–water partition coefficient (Wildman–Crippen LogP) is 0.661. The standard InChI is InChI=1S/C13H15BrN2O5S/c14-10-1-3-11(4-2-10)22(20,21)15-5-6-16-8-9(13(18)19)7-12(16)17/h1-4,9,15H,5-8H2,(H,18,19). The van der Waals surface area contributed by atoms with E-state index in [1.165, 1.54) is 17.0 Å². The zero-order valence-electron chi connectivity index (χ0n) is 11.5. The lowest BCUT2D eigenvalue weighted by Gasteiger charge is -2.16. The molecule has 120 valence electrons. The van der Waals surface area contributed by atoms with Crippen LogP contribution < -0.4 is 4.72 Å². The number of carboxylic acids is 1. The molecular formula is C13H15BrN2O5S. The van der Waals surface area contributed by atoms with Crippen molar-refractivity contribution in [3.8, 4) is 0 Å². The monoisotopic (exact) mass is 390 g/mol. The van der Waals surface area contributed by atoms with Gasteiger partial charge in [-0.15, -0.1) is 0 Å². The van der Waals surface area contributed by atoms with Crippen LogP contribution in [-0.2, 0) is 19.6 Å². The van der Waals surface area contributed by atoms with Crippen molar-refractivity contribution in [1.29, 1.82) is 0 Å². The molecule has 9 heteroatoms. The van der Waals surface area contributed by atoms with Gasteiger partial charge in [-0.25, -0.2) is 13.1 Å². The van der Waals surface area contributed by atoms with Crippen molar-refractivity contribution in [2.45, 2.75) is 11.3 Å². The van der Waals surface area contributed by atoms with Crippen LogP contribution in [0.1, 0.15) is 6.42 Å². The Kier molecular flexibility index (Phi) is 5.20. The van der Waals surface area contributed by atoms with Crippen LogP contribution in [0.4, 0.5) is 0 Å². The lowest BCUT2D eigenvalue weighted by atomic mass is 10.1. The second-order valence-corrected chi connectivity index (χ2v) is 7.61. The van der Waals surface area contributed by atoms with E-state index < -0.39 is 21.9 Å². The molecule has 1 aromatic rings. The Morgan fingerprint density at radius 2 is 2.00 bits per heavy atom. The summed E-state index contributed by atoms with van der Waals surface area (Å²) in [6.45, 7) is 0.309. The van der Waals surface area contributed by atoms with E-state index in [0.717, 1.165) is 4.47 Å². The average molecular weight is 391 g/mol. The van der Waals surface area contributed by atoms with E-state index in [1.807, 2.05) is 0 Å². The average Bonchev–Trinajstić information content (AvgIpc) is 2.81. The number of nitrogens with zero attached hydrogens (tertiary/aromatic N) is 1. The number of benzene rings is 1. The van der Waals surface area contributed by atoms with E-state index in [-0.39, 0.29) is 36.9 Å². The van der Waals surface area contributed by atoms with Gasteiger partial charge in [0, 0.05) is 30.5 Å². The fourth-order valence-corrected chi connectivity index (χ4v) is 3.45. The van der Waals surface area contributed by atoms with Crippen LogP contribution in [-0.4, -0.2) is 49.9 Å². The maximum atomic E-state index is 12.0. The number of likely N-dealkylation sites (tertiary alicyclic amines) is 1. The van der Waals surface area contributed by atoms with Gasteiger partial charge in [-0.3, -0.25) is 9.59 Å². The van der Waals surface area contributed by atoms with Crippen molar-refractivity contribution in [2.75, 3.05) is 19.6 Å². The largest absolute Gasteiger partial charge is 0.481 e. The third-order valence-corrected chi connectivity index (χ3v) is 5.37. The summed E-state index contributed by atoms with van der Waals surface area (Å²) >= 11 is 3.23. The molecule has 0 radical (unpaired) electrons. The lowest BCUT2D eigenvalue weighted by molar-refractivity contribution is -0.141. The summed E-state index contributed by atoms with van der Waals surface area (Å²) in [5.41, 5.74) is 0. The zero-order valence-corrected chi connectivity index (χ0v) is 13.9. The van der Waals surface area contributed by atoms with Crippen molar-refractivity contribution < 1.29 is 23.1 Å². The number of carboxylic acid groups (broad SMARTS) is 1. The van der Waals surface area contributed by atoms with E-state index >= 15 is 0 Å². The molecule has 22 heavy (non-hydrogen) atoms. The quantitative estimate of drug-likeness (QED) is 0.742. The van der Waals surface area contributed by atoms with Gasteiger partial charge in [-0.05, 0) is 24.3 Å². The second-order valence-electron chi connectivity index (χ2n) is 4.93. The van der Waals surface area contributed by atoms with Crippen LogP contribution in [0.3, 0.4) is 0 Å². The minimum atomic E-state index is -3.64. The Hall–Kier alpha value is -1.45. The topological polar surface area (TPSA) is 104 Å². The van der Waals surface area contributed by atoms with Crippen LogP contribution in [0.2, 0.25) is 0 Å². The van der Waals surface area contributed by atoms with Gasteiger partial charge in [0.25, 0.3) is 0 Å². The van der Waals surface area contributed by atoms with Gasteiger partial charge >= 0.3 is 5.97 Å². The molecule has 1 heterocycles. The first-order valence-electron chi connectivity index (χ1n) is 6.55. The van der Waals surface area contributed by atoms with E-state index in [0.29, 0.717) is 0 Å². The first-order valence-corrected chi connectivity index (χ1v) is 8.83. The number of halogens is 1. The molecule has 1 aromatic carbocycles. The minimum Gasteiger partial charge on any atom is -0.481 e. The molecule has 7 nitrogen and oxygen atoms in total. The van der Waals surface area contributed by atoms with Crippen LogP contribution in [0, 0.1) is 5.92 Å². The second kappa shape index (κ2) is 6.76. The Morgan fingerprint density at radius 3 is 2.55 bits per heavy atom. The maximum absolute atomic E-state index is 12.0. The summed E-state index contributed by atoms with van der Waals surface area (Å²) < 4.78 is 27.3. The number of rotatable bonds is 6. The zero-order chi connectivity index (χ0) is 16.3. The van der Waals surface area contributed by atoms with Gasteiger partial charge in [-0.1, -0.05) is 15.9 Å². The number of hydrogen-bond donors (Lipinski definition) is 2. The molecule has 1 amide bonds. The molecule has 0 aromatic heterocycles. The normalized spacial score (nSPS) is 18.7. The van der Waals surface area contributed by atoms with Crippen LogP contribution >= 0.6 is 15.9 Å². The summed E-state index contributed by atoms with van der Waals surface area (Å²) in [5, 5.41) is 8.88. The number of hydrogen-bond acceptors (Lipinski definition) is 4. The highest BCUT2D eigenvalue weighted by Crippen LogP contribution is 2.17. The molecule has 1 aliphatic rings. The Morgan fingerprint density at radius 1 is 1.36 bits per heavy atom. The van der Waals surface area contributed by atoms with Gasteiger partial charge in [-0.2, -0.15) is 0 Å². The van der Waals surface area contributed by atoms with E-state index in [4.69, 9.17) is 5.11 Å². The van der Waals surface area contributed by atoms with E-state index in [2.05, 4.69) is 20.7 Å². The Balaban J connectivity index is 1.89. The molecule has 1 saturated heterocycles. The van der Waals surface area contributed by atoms with Crippen LogP contribution in [0.5, 0.6) is 0 Å². The van der Waals surface area contributed by atoms with E-state index in [1.54, 1.807) is 12.1 Å². The summed E-state index contributed by atoms with van der Waals surface area (Å²) in [5.74, 6) is -1.99. The molecule has 0 aliphatic carbocycles. The number of carbonyl (C=O) groups excluding carboxylic acids is 1. The molecular weight excluding hydrogens is 376 g/mol.